The van der Waals surface area contributed by atoms with Crippen LogP contribution < -0.4 is 11.0 Å². The summed E-state index contributed by atoms with van der Waals surface area (Å²) in [6, 6.07) is 12.1. The van der Waals surface area contributed by atoms with E-state index >= 15 is 0 Å². The Kier molecular flexibility index (Phi) is 10.6. The molecule has 52 heavy (non-hydrogen) atoms. The highest BCUT2D eigenvalue weighted by atomic mass is 16.6. The normalized spacial score (nSPS) is 20.5. The van der Waals surface area contributed by atoms with E-state index in [-0.39, 0.29) is 30.1 Å². The summed E-state index contributed by atoms with van der Waals surface area (Å²) in [4.78, 5) is 61.9. The average molecular weight is 716 g/mol. The van der Waals surface area contributed by atoms with E-state index < -0.39 is 12.2 Å². The third-order valence-electron chi connectivity index (χ3n) is 12.0. The zero-order chi connectivity index (χ0) is 36.5. The van der Waals surface area contributed by atoms with Gasteiger partial charge in [0, 0.05) is 91.2 Å². The number of hydrogen-bond donors (Lipinski definition) is 1. The molecule has 0 radical (unpaired) electrons. The third-order valence-corrected chi connectivity index (χ3v) is 12.0. The van der Waals surface area contributed by atoms with Crippen molar-refractivity contribution in [1.29, 1.82) is 0 Å². The van der Waals surface area contributed by atoms with Crippen LogP contribution in [0.2, 0.25) is 0 Å². The molecule has 4 aliphatic rings. The molecule has 4 aliphatic heterocycles. The number of piperidine rings is 3. The molecule has 0 aliphatic carbocycles. The highest BCUT2D eigenvalue weighted by molar-refractivity contribution is 5.91. The van der Waals surface area contributed by atoms with Gasteiger partial charge in [-0.15, -0.1) is 0 Å². The second kappa shape index (κ2) is 15.3. The van der Waals surface area contributed by atoms with E-state index in [0.29, 0.717) is 57.7 Å². The number of fused-ring (bicyclic) bond motifs is 2. The molecule has 3 aromatic rings. The zero-order valence-electron chi connectivity index (χ0n) is 31.0. The first kappa shape index (κ1) is 36.0. The van der Waals surface area contributed by atoms with Crippen LogP contribution >= 0.6 is 0 Å². The number of carbonyl (C=O) groups excluding carboxylic acids is 3. The van der Waals surface area contributed by atoms with Crippen LogP contribution in [0.4, 0.5) is 15.3 Å². The minimum Gasteiger partial charge on any atom is -0.436 e. The molecular weight excluding hydrogens is 662 g/mol. The Balaban J connectivity index is 1.03. The topological polar surface area (TPSA) is 122 Å². The average Bonchev–Trinajstić information content (AvgIpc) is 3.27. The van der Waals surface area contributed by atoms with E-state index in [2.05, 4.69) is 10.2 Å². The summed E-state index contributed by atoms with van der Waals surface area (Å²) in [7, 11) is 5.29. The lowest BCUT2D eigenvalue weighted by molar-refractivity contribution is -0.142. The highest BCUT2D eigenvalue weighted by Gasteiger charge is 2.37. The number of nitrogens with zero attached hydrogens (tertiary/aromatic N) is 6. The summed E-state index contributed by atoms with van der Waals surface area (Å²) in [5.74, 6) is -0.180. The fourth-order valence-corrected chi connectivity index (χ4v) is 8.89. The van der Waals surface area contributed by atoms with Gasteiger partial charge in [0.15, 0.2) is 6.10 Å². The number of aryl methyl sites for hydroxylation is 3. The highest BCUT2D eigenvalue weighted by Crippen LogP contribution is 2.27. The number of rotatable bonds is 7. The van der Waals surface area contributed by atoms with Gasteiger partial charge >= 0.3 is 17.8 Å². The van der Waals surface area contributed by atoms with Gasteiger partial charge in [-0.3, -0.25) is 13.9 Å². The molecule has 1 aromatic heterocycles. The van der Waals surface area contributed by atoms with Gasteiger partial charge in [-0.2, -0.15) is 0 Å². The number of ether oxygens (including phenoxy) is 2. The molecule has 0 unspecified atom stereocenters. The van der Waals surface area contributed by atoms with Gasteiger partial charge < -0.3 is 34.4 Å². The van der Waals surface area contributed by atoms with Crippen LogP contribution in [0, 0.1) is 6.92 Å². The van der Waals surface area contributed by atoms with E-state index in [1.165, 1.54) is 0 Å². The van der Waals surface area contributed by atoms with Crippen molar-refractivity contribution in [3.8, 4) is 0 Å². The molecule has 0 spiro atoms. The Morgan fingerprint density at radius 3 is 2.23 bits per heavy atom. The van der Waals surface area contributed by atoms with Crippen LogP contribution in [0.1, 0.15) is 55.2 Å². The second-order valence-corrected chi connectivity index (χ2v) is 15.0. The number of likely N-dealkylation sites (tertiary alicyclic amines) is 3. The fraction of sp³-hybridized carbons (Fsp3) is 0.590. The van der Waals surface area contributed by atoms with Crippen molar-refractivity contribution in [2.45, 2.75) is 82.6 Å². The van der Waals surface area contributed by atoms with Gasteiger partial charge in [-0.05, 0) is 80.7 Å². The lowest BCUT2D eigenvalue weighted by atomic mass is 9.97. The monoisotopic (exact) mass is 715 g/mol. The number of anilines is 1. The van der Waals surface area contributed by atoms with E-state index in [1.807, 2.05) is 53.1 Å². The number of carbonyl (C=O) groups is 3. The van der Waals surface area contributed by atoms with Crippen molar-refractivity contribution in [2.75, 3.05) is 58.2 Å². The smallest absolute Gasteiger partial charge is 0.410 e. The summed E-state index contributed by atoms with van der Waals surface area (Å²) in [5.41, 5.74) is 5.24. The van der Waals surface area contributed by atoms with Gasteiger partial charge in [0.05, 0.1) is 17.1 Å². The molecule has 1 atom stereocenters. The van der Waals surface area contributed by atoms with Crippen molar-refractivity contribution in [3.63, 3.8) is 0 Å². The second-order valence-electron chi connectivity index (χ2n) is 15.0. The third kappa shape index (κ3) is 7.30. The summed E-state index contributed by atoms with van der Waals surface area (Å²) >= 11 is 0. The van der Waals surface area contributed by atoms with Crippen LogP contribution in [-0.4, -0.2) is 124 Å². The Hall–Kier alpha value is -4.36. The Morgan fingerprint density at radius 1 is 0.846 bits per heavy atom. The van der Waals surface area contributed by atoms with Gasteiger partial charge in [0.25, 0.3) is 5.91 Å². The number of urea groups is 1. The molecule has 13 heteroatoms. The Morgan fingerprint density at radius 2 is 1.52 bits per heavy atom. The minimum absolute atomic E-state index is 0.00425. The van der Waals surface area contributed by atoms with E-state index in [1.54, 1.807) is 35.2 Å². The predicted octanol–water partition coefficient (Wildman–Crippen LogP) is 3.89. The summed E-state index contributed by atoms with van der Waals surface area (Å²) in [6.45, 7) is 6.68. The van der Waals surface area contributed by atoms with Crippen LogP contribution in [0.15, 0.2) is 41.2 Å². The van der Waals surface area contributed by atoms with E-state index in [9.17, 15) is 19.2 Å². The molecule has 7 rings (SSSR count). The first-order valence-electron chi connectivity index (χ1n) is 18.9. The predicted molar refractivity (Wildman–Crippen MR) is 199 cm³/mol. The van der Waals surface area contributed by atoms with Crippen LogP contribution in [0.5, 0.6) is 0 Å². The molecule has 0 bridgehead atoms. The lowest BCUT2D eigenvalue weighted by Gasteiger charge is -2.42. The van der Waals surface area contributed by atoms with Gasteiger partial charge in [-0.1, -0.05) is 24.3 Å². The number of aromatic nitrogens is 2. The molecule has 280 valence electrons. The van der Waals surface area contributed by atoms with Crippen molar-refractivity contribution in [2.24, 2.45) is 14.1 Å². The number of benzene rings is 2. The number of para-hydroxylation sites is 1. The number of imidazole rings is 1. The number of methoxy groups -OCH3 is 1. The maximum atomic E-state index is 14.3. The van der Waals surface area contributed by atoms with Crippen molar-refractivity contribution in [1.82, 2.24) is 28.7 Å². The first-order chi connectivity index (χ1) is 25.1. The molecule has 13 nitrogen and oxygen atoms in total. The zero-order valence-corrected chi connectivity index (χ0v) is 31.0. The molecule has 3 fully saturated rings. The largest absolute Gasteiger partial charge is 0.436 e. The summed E-state index contributed by atoms with van der Waals surface area (Å²) in [5, 5.41) is 3.06. The molecule has 4 amide bonds. The standard InChI is InChI=1S/C39H53N7O6/c1-26-23-27(24-33-35(26)42(3)38(49)41(33)2)25-34(36(47)44-16-10-29(11-17-44)43-20-14-31(51-4)15-21-43)52-39(50)45-18-12-30(13-19-45)46-22-9-28-7-5-6-8-32(28)40-37(46)48/h5-8,23-24,29-31,34H,9-22,25H2,1-4H3,(H,40,48)/t34-/m1/s1. The van der Waals surface area contributed by atoms with Crippen molar-refractivity contribution < 1.29 is 23.9 Å². The van der Waals surface area contributed by atoms with Gasteiger partial charge in [-0.25, -0.2) is 14.4 Å². The summed E-state index contributed by atoms with van der Waals surface area (Å²) < 4.78 is 15.0. The number of amides is 4. The number of nitrogens with one attached hydrogen (secondary N) is 1. The SMILES string of the molecule is COC1CCN(C2CCN(C(=O)[C@@H](Cc3cc(C)c4c(c3)n(C)c(=O)n4C)OC(=O)N3CCC(N4CCc5ccccc5NC4=O)CC3)CC2)CC1. The van der Waals surface area contributed by atoms with E-state index in [0.717, 1.165) is 78.6 Å². The number of hydrogen-bond acceptors (Lipinski definition) is 7. The summed E-state index contributed by atoms with van der Waals surface area (Å²) in [6.07, 6.45) is 4.86. The van der Waals surface area contributed by atoms with Crippen molar-refractivity contribution in [3.05, 3.63) is 63.6 Å². The molecule has 1 N–H and O–H groups in total. The van der Waals surface area contributed by atoms with Crippen LogP contribution in [0.25, 0.3) is 11.0 Å². The first-order valence-corrected chi connectivity index (χ1v) is 18.9. The van der Waals surface area contributed by atoms with Crippen LogP contribution in [0.3, 0.4) is 0 Å². The van der Waals surface area contributed by atoms with Crippen LogP contribution in [-0.2, 0) is 41.2 Å². The van der Waals surface area contributed by atoms with E-state index in [4.69, 9.17) is 9.47 Å². The Labute approximate surface area is 305 Å². The molecule has 2 aromatic carbocycles. The Bertz CT molecular complexity index is 1850. The maximum absolute atomic E-state index is 14.3. The fourth-order valence-electron chi connectivity index (χ4n) is 8.89. The quantitative estimate of drug-likeness (QED) is 0.394. The molecule has 0 saturated carbocycles. The van der Waals surface area contributed by atoms with Crippen molar-refractivity contribution >= 4 is 34.8 Å². The molecule has 5 heterocycles. The maximum Gasteiger partial charge on any atom is 0.410 e. The van der Waals surface area contributed by atoms with Gasteiger partial charge in [0.1, 0.15) is 0 Å². The molecular formula is C39H53N7O6. The van der Waals surface area contributed by atoms with Gasteiger partial charge in [0.2, 0.25) is 0 Å². The lowest BCUT2D eigenvalue weighted by Crippen LogP contribution is -2.53. The molecule has 3 saturated heterocycles. The minimum atomic E-state index is -1.01.